The number of amides is 1. The van der Waals surface area contributed by atoms with Gasteiger partial charge in [0.1, 0.15) is 23.6 Å². The number of cyclic esters (lactones) is 1. The highest BCUT2D eigenvalue weighted by molar-refractivity contribution is 6.07. The van der Waals surface area contributed by atoms with Gasteiger partial charge < -0.3 is 39.0 Å². The molecule has 1 amide bonds. The molecule has 0 aliphatic carbocycles. The average molecular weight is 833 g/mol. The van der Waals surface area contributed by atoms with Crippen molar-refractivity contribution in [3.8, 4) is 11.4 Å². The molecule has 330 valence electrons. The van der Waals surface area contributed by atoms with Gasteiger partial charge in [-0.25, -0.2) is 14.0 Å². The Morgan fingerprint density at radius 1 is 1.07 bits per heavy atom. The minimum Gasteiger partial charge on any atom is -0.455 e. The number of halogens is 1. The third kappa shape index (κ3) is 9.94. The molecule has 3 aliphatic heterocycles. The number of aromatic nitrogens is 5. The summed E-state index contributed by atoms with van der Waals surface area (Å²) in [6.45, 7) is 14.7. The van der Waals surface area contributed by atoms with Gasteiger partial charge in [0, 0.05) is 44.4 Å². The lowest BCUT2D eigenvalue weighted by molar-refractivity contribution is -0.295. The predicted molar refractivity (Wildman–Crippen MR) is 213 cm³/mol. The Balaban J connectivity index is 1.41. The third-order valence-electron chi connectivity index (χ3n) is 12.5. The van der Waals surface area contributed by atoms with Crippen LogP contribution in [0.2, 0.25) is 0 Å². The number of unbranched alkanes of at least 4 members (excludes halogenated alkanes) is 1. The van der Waals surface area contributed by atoms with E-state index < -0.39 is 77.3 Å². The first kappa shape index (κ1) is 46.4. The summed E-state index contributed by atoms with van der Waals surface area (Å²) < 4.78 is 49.5. The van der Waals surface area contributed by atoms with Crippen LogP contribution in [-0.4, -0.2) is 158 Å². The fourth-order valence-corrected chi connectivity index (χ4v) is 9.18. The lowest BCUT2D eigenvalue weighted by Crippen LogP contribution is -2.61. The van der Waals surface area contributed by atoms with Crippen LogP contribution in [0.3, 0.4) is 0 Å². The van der Waals surface area contributed by atoms with Crippen molar-refractivity contribution in [1.82, 2.24) is 40.3 Å². The zero-order valence-electron chi connectivity index (χ0n) is 36.5. The van der Waals surface area contributed by atoms with Gasteiger partial charge in [0.05, 0.1) is 30.0 Å². The van der Waals surface area contributed by atoms with Crippen molar-refractivity contribution in [1.29, 1.82) is 0 Å². The SMILES string of the molecule is CC[C@H]1OC(=O)C(C)(F)C(=O)[C@@H](C)[C@@H](O[C@@H]2O[C@H](C)CC(N(C)C)C2O)[C@](C)(OC)C[C@@H](C)CN[C@H](C)[C@H]2N(CCCCn3cc(-c4cccnn4)nn3)C(=O)O[C@]12C. The van der Waals surface area contributed by atoms with E-state index in [1.807, 2.05) is 39.8 Å². The Bertz CT molecular complexity index is 1740. The number of nitrogens with one attached hydrogen (secondary N) is 1. The first-order valence-corrected chi connectivity index (χ1v) is 20.8. The number of rotatable bonds is 11. The Labute approximate surface area is 347 Å². The number of aliphatic hydroxyl groups is 1. The summed E-state index contributed by atoms with van der Waals surface area (Å²) in [6, 6.07) is 2.22. The number of hydrogen-bond acceptors (Lipinski definition) is 15. The van der Waals surface area contributed by atoms with E-state index in [2.05, 4.69) is 25.8 Å². The van der Waals surface area contributed by atoms with Crippen LogP contribution in [0.4, 0.5) is 9.18 Å². The fraction of sp³-hybridized carbons (Fsp3) is 0.780. The summed E-state index contributed by atoms with van der Waals surface area (Å²) in [4.78, 5) is 45.6. The monoisotopic (exact) mass is 832 g/mol. The normalized spacial score (nSPS) is 37.7. The van der Waals surface area contributed by atoms with Crippen molar-refractivity contribution in [2.24, 2.45) is 11.8 Å². The number of fused-ring (bicyclic) bond motifs is 1. The smallest absolute Gasteiger partial charge is 0.410 e. The molecule has 5 rings (SSSR count). The fourth-order valence-electron chi connectivity index (χ4n) is 9.18. The minimum atomic E-state index is -3.13. The molecule has 0 aromatic carbocycles. The highest BCUT2D eigenvalue weighted by Gasteiger charge is 2.60. The zero-order valence-corrected chi connectivity index (χ0v) is 36.5. The van der Waals surface area contributed by atoms with Crippen molar-refractivity contribution in [3.05, 3.63) is 24.5 Å². The van der Waals surface area contributed by atoms with Crippen LogP contribution in [0.1, 0.15) is 87.5 Å². The number of methoxy groups -OCH3 is 1. The lowest BCUT2D eigenvalue weighted by Gasteiger charge is -2.47. The molecule has 5 heterocycles. The van der Waals surface area contributed by atoms with Gasteiger partial charge in [-0.3, -0.25) is 14.4 Å². The van der Waals surface area contributed by atoms with E-state index in [1.165, 1.54) is 14.0 Å². The molecular weight excluding hydrogens is 767 g/mol. The van der Waals surface area contributed by atoms with Crippen LogP contribution in [0.15, 0.2) is 24.5 Å². The second-order valence-corrected chi connectivity index (χ2v) is 17.5. The quantitative estimate of drug-likeness (QED) is 0.190. The maximum absolute atomic E-state index is 16.9. The summed E-state index contributed by atoms with van der Waals surface area (Å²) in [5.41, 5.74) is -4.57. The highest BCUT2D eigenvalue weighted by Crippen LogP contribution is 2.41. The number of ether oxygens (including phenoxy) is 5. The summed E-state index contributed by atoms with van der Waals surface area (Å²) in [5.74, 6) is -3.86. The van der Waals surface area contributed by atoms with Gasteiger partial charge in [-0.1, -0.05) is 26.0 Å². The van der Waals surface area contributed by atoms with Crippen LogP contribution in [0.5, 0.6) is 0 Å². The van der Waals surface area contributed by atoms with Crippen molar-refractivity contribution >= 4 is 17.8 Å². The summed E-state index contributed by atoms with van der Waals surface area (Å²) in [7, 11) is 5.20. The molecule has 3 saturated heterocycles. The molecular formula is C41H65FN8O9. The molecule has 17 nitrogen and oxygen atoms in total. The van der Waals surface area contributed by atoms with Crippen molar-refractivity contribution in [2.45, 2.75) is 160 Å². The summed E-state index contributed by atoms with van der Waals surface area (Å²) >= 11 is 0. The molecule has 2 N–H and O–H groups in total. The molecule has 3 unspecified atom stereocenters. The number of alkyl halides is 1. The molecule has 18 heteroatoms. The topological polar surface area (TPSA) is 193 Å². The zero-order chi connectivity index (χ0) is 43.4. The van der Waals surface area contributed by atoms with E-state index in [1.54, 1.807) is 54.9 Å². The van der Waals surface area contributed by atoms with Crippen LogP contribution in [0, 0.1) is 11.8 Å². The maximum Gasteiger partial charge on any atom is 0.410 e. The Kier molecular flexibility index (Phi) is 14.9. The average Bonchev–Trinajstić information content (AvgIpc) is 3.78. The summed E-state index contributed by atoms with van der Waals surface area (Å²) in [6.07, 6.45) is 0.238. The number of aliphatic hydroxyl groups excluding tert-OH is 1. The van der Waals surface area contributed by atoms with Gasteiger partial charge in [0.2, 0.25) is 0 Å². The molecule has 0 saturated carbocycles. The molecule has 3 aliphatic rings. The van der Waals surface area contributed by atoms with E-state index in [4.69, 9.17) is 23.7 Å². The lowest BCUT2D eigenvalue weighted by atomic mass is 9.78. The summed E-state index contributed by atoms with van der Waals surface area (Å²) in [5, 5.41) is 31.4. The van der Waals surface area contributed by atoms with E-state index in [0.29, 0.717) is 56.7 Å². The van der Waals surface area contributed by atoms with Gasteiger partial charge in [0.15, 0.2) is 17.7 Å². The molecule has 0 bridgehead atoms. The molecule has 2 aromatic heterocycles. The van der Waals surface area contributed by atoms with E-state index in [9.17, 15) is 19.5 Å². The number of ketones is 1. The molecule has 2 aromatic rings. The molecule has 3 fully saturated rings. The van der Waals surface area contributed by atoms with Crippen molar-refractivity contribution in [2.75, 3.05) is 34.3 Å². The van der Waals surface area contributed by atoms with Crippen molar-refractivity contribution < 1.29 is 47.6 Å². The maximum atomic E-state index is 16.9. The number of likely N-dealkylation sites (N-methyl/N-ethyl adjacent to an activating group) is 1. The third-order valence-corrected chi connectivity index (χ3v) is 12.5. The number of aryl methyl sites for hydroxylation is 1. The minimum absolute atomic E-state index is 0.115. The first-order chi connectivity index (χ1) is 27.8. The van der Waals surface area contributed by atoms with Gasteiger partial charge in [-0.15, -0.1) is 10.2 Å². The second kappa shape index (κ2) is 18.9. The van der Waals surface area contributed by atoms with Crippen molar-refractivity contribution in [3.63, 3.8) is 0 Å². The standard InChI is InChI=1S/C41H65FN8O9/c1-12-31-41(8)33(50(38(54)59-41)19-14-13-18-49-23-29(46-47-49)28-16-15-17-44-45-28)27(5)43-22-24(2)21-39(6,55-11)35(26(4)34(52)40(7,42)37(53)57-31)58-36-32(51)30(48(9)10)20-25(3)56-36/h15-17,23-27,30-33,35-36,43,51H,12-14,18-22H2,1-11H3/t24-,25-,26-,27-,30?,31-,32?,33-,35-,36+,39-,40?,41-/m1/s1. The number of Topliss-reactive ketones (excluding diaryl/α,β-unsaturated/α-hetero) is 1. The van der Waals surface area contributed by atoms with Crippen LogP contribution in [-0.2, 0) is 39.8 Å². The van der Waals surface area contributed by atoms with E-state index in [0.717, 1.165) is 6.92 Å². The molecule has 59 heavy (non-hydrogen) atoms. The number of hydrogen-bond donors (Lipinski definition) is 2. The number of carbonyl (C=O) groups is 3. The Morgan fingerprint density at radius 2 is 1.78 bits per heavy atom. The molecule has 13 atom stereocenters. The van der Waals surface area contributed by atoms with Crippen LogP contribution < -0.4 is 5.32 Å². The molecule has 0 spiro atoms. The van der Waals surface area contributed by atoms with Crippen LogP contribution in [0.25, 0.3) is 11.4 Å². The van der Waals surface area contributed by atoms with Gasteiger partial charge >= 0.3 is 12.1 Å². The highest BCUT2D eigenvalue weighted by atomic mass is 19.1. The Hall–Kier alpha value is -3.68. The number of nitrogens with zero attached hydrogens (tertiary/aromatic N) is 7. The predicted octanol–water partition coefficient (Wildman–Crippen LogP) is 3.58. The van der Waals surface area contributed by atoms with Crippen LogP contribution >= 0.6 is 0 Å². The molecule has 0 radical (unpaired) electrons. The van der Waals surface area contributed by atoms with E-state index >= 15 is 4.39 Å². The van der Waals surface area contributed by atoms with Gasteiger partial charge in [0.25, 0.3) is 5.67 Å². The second-order valence-electron chi connectivity index (χ2n) is 17.5. The van der Waals surface area contributed by atoms with E-state index in [-0.39, 0.29) is 24.5 Å². The Morgan fingerprint density at radius 3 is 2.42 bits per heavy atom. The van der Waals surface area contributed by atoms with Gasteiger partial charge in [-0.05, 0) is 105 Å². The van der Waals surface area contributed by atoms with Gasteiger partial charge in [-0.2, -0.15) is 5.10 Å². The number of carbonyl (C=O) groups excluding carboxylic acids is 3. The largest absolute Gasteiger partial charge is 0.455 e. The number of esters is 1. The first-order valence-electron chi connectivity index (χ1n) is 20.8.